The number of amides is 2. The molecule has 7 heteroatoms. The Morgan fingerprint density at radius 2 is 1.53 bits per heavy atom. The highest BCUT2D eigenvalue weighted by atomic mass is 28.4. The number of rotatable bonds is 9. The van der Waals surface area contributed by atoms with Crippen molar-refractivity contribution >= 4 is 26.1 Å². The van der Waals surface area contributed by atoms with Crippen LogP contribution in [0.2, 0.25) is 18.1 Å². The molecular formula is C27H33NO5Si. The van der Waals surface area contributed by atoms with Crippen LogP contribution in [0, 0.1) is 0 Å². The summed E-state index contributed by atoms with van der Waals surface area (Å²) in [5, 5.41) is -0.00947. The minimum absolute atomic E-state index is 0.00947. The van der Waals surface area contributed by atoms with Gasteiger partial charge in [0, 0.05) is 6.42 Å². The Bertz CT molecular complexity index is 1040. The molecule has 2 amide bonds. The molecule has 1 aliphatic heterocycles. The highest BCUT2D eigenvalue weighted by molar-refractivity contribution is 6.74. The van der Waals surface area contributed by atoms with Gasteiger partial charge in [-0.1, -0.05) is 63.3 Å². The van der Waals surface area contributed by atoms with Crippen molar-refractivity contribution in [3.63, 3.8) is 0 Å². The number of fused-ring (bicyclic) bond motifs is 1. The van der Waals surface area contributed by atoms with E-state index in [9.17, 15) is 14.4 Å². The first-order chi connectivity index (χ1) is 16.0. The number of imide groups is 1. The number of benzene rings is 2. The minimum Gasteiger partial charge on any atom is -0.427 e. The van der Waals surface area contributed by atoms with Crippen molar-refractivity contribution in [3.8, 4) is 5.75 Å². The number of ether oxygens (including phenoxy) is 1. The molecule has 0 fully saturated rings. The van der Waals surface area contributed by atoms with Crippen molar-refractivity contribution in [1.82, 2.24) is 4.90 Å². The Hall–Kier alpha value is -3.03. The van der Waals surface area contributed by atoms with Crippen LogP contribution in [0.4, 0.5) is 0 Å². The molecular weight excluding hydrogens is 446 g/mol. The maximum absolute atomic E-state index is 13.1. The van der Waals surface area contributed by atoms with E-state index in [4.69, 9.17) is 9.16 Å². The van der Waals surface area contributed by atoms with E-state index in [2.05, 4.69) is 33.9 Å². The summed E-state index contributed by atoms with van der Waals surface area (Å²) in [5.41, 5.74) is 0.814. The van der Waals surface area contributed by atoms with E-state index in [0.717, 1.165) is 0 Å². The van der Waals surface area contributed by atoms with Crippen LogP contribution in [-0.2, 0) is 9.22 Å². The third-order valence-electron chi connectivity index (χ3n) is 6.43. The predicted molar refractivity (Wildman–Crippen MR) is 134 cm³/mol. The van der Waals surface area contributed by atoms with Gasteiger partial charge < -0.3 is 9.16 Å². The van der Waals surface area contributed by atoms with Crippen molar-refractivity contribution in [2.24, 2.45) is 0 Å². The number of carbonyl (C=O) groups is 3. The average Bonchev–Trinajstić information content (AvgIpc) is 3.04. The molecule has 6 nitrogen and oxygen atoms in total. The quantitative estimate of drug-likeness (QED) is 0.154. The van der Waals surface area contributed by atoms with E-state index >= 15 is 0 Å². The highest BCUT2D eigenvalue weighted by Crippen LogP contribution is 2.37. The number of carbonyl (C=O) groups excluding carboxylic acids is 3. The summed E-state index contributed by atoms with van der Waals surface area (Å²) in [6.45, 7) is 10.9. The standard InChI is InChI=1S/C27H33NO5Si/c1-27(2,3)34(4,5)32-19-20(28-25(30)22-16-10-11-17-23(22)26(28)31)13-9-12-18-24(29)33-21-14-7-6-8-15-21/h6-11,13-17,20H,12,18-19H2,1-5H3/b13-9+. The Kier molecular flexibility index (Phi) is 7.89. The van der Waals surface area contributed by atoms with Gasteiger partial charge in [0.1, 0.15) is 5.75 Å². The molecule has 0 bridgehead atoms. The zero-order valence-electron chi connectivity index (χ0n) is 20.5. The van der Waals surface area contributed by atoms with Gasteiger partial charge in [0.05, 0.1) is 23.8 Å². The largest absolute Gasteiger partial charge is 0.427 e. The SMILES string of the molecule is CC(C)(C)[Si](C)(C)OCC(/C=C/CCC(=O)Oc1ccccc1)N1C(=O)c2ccccc2C1=O. The summed E-state index contributed by atoms with van der Waals surface area (Å²) in [7, 11) is -2.11. The molecule has 0 radical (unpaired) electrons. The van der Waals surface area contributed by atoms with Crippen LogP contribution in [0.3, 0.4) is 0 Å². The molecule has 34 heavy (non-hydrogen) atoms. The lowest BCUT2D eigenvalue weighted by atomic mass is 10.1. The topological polar surface area (TPSA) is 72.9 Å². The zero-order chi connectivity index (χ0) is 24.9. The summed E-state index contributed by atoms with van der Waals surface area (Å²) < 4.78 is 11.7. The average molecular weight is 480 g/mol. The van der Waals surface area contributed by atoms with Crippen LogP contribution >= 0.6 is 0 Å². The molecule has 1 heterocycles. The van der Waals surface area contributed by atoms with Crippen LogP contribution in [0.25, 0.3) is 0 Å². The minimum atomic E-state index is -2.11. The first-order valence-electron chi connectivity index (χ1n) is 11.5. The fourth-order valence-corrected chi connectivity index (χ4v) is 4.38. The second-order valence-electron chi connectivity index (χ2n) is 9.92. The van der Waals surface area contributed by atoms with E-state index in [-0.39, 0.29) is 35.8 Å². The molecule has 0 aromatic heterocycles. The van der Waals surface area contributed by atoms with Gasteiger partial charge >= 0.3 is 5.97 Å². The molecule has 180 valence electrons. The van der Waals surface area contributed by atoms with Gasteiger partial charge in [-0.3, -0.25) is 19.3 Å². The molecule has 0 aliphatic carbocycles. The molecule has 2 aromatic carbocycles. The lowest BCUT2D eigenvalue weighted by Crippen LogP contribution is -2.47. The maximum atomic E-state index is 13.1. The number of hydrogen-bond acceptors (Lipinski definition) is 5. The molecule has 3 rings (SSSR count). The maximum Gasteiger partial charge on any atom is 0.311 e. The second kappa shape index (κ2) is 10.5. The van der Waals surface area contributed by atoms with Crippen LogP contribution in [-0.4, -0.2) is 43.6 Å². The van der Waals surface area contributed by atoms with E-state index in [1.165, 1.54) is 4.90 Å². The van der Waals surface area contributed by atoms with Gasteiger partial charge in [-0.25, -0.2) is 0 Å². The van der Waals surface area contributed by atoms with Gasteiger partial charge in [-0.15, -0.1) is 0 Å². The van der Waals surface area contributed by atoms with Gasteiger partial charge in [0.25, 0.3) is 11.8 Å². The fourth-order valence-electron chi connectivity index (χ4n) is 3.36. The van der Waals surface area contributed by atoms with E-state index in [0.29, 0.717) is 23.3 Å². The first kappa shape index (κ1) is 25.6. The molecule has 0 N–H and O–H groups in total. The molecule has 0 saturated heterocycles. The van der Waals surface area contributed by atoms with Crippen molar-refractivity contribution in [3.05, 3.63) is 77.9 Å². The Morgan fingerprint density at radius 3 is 2.09 bits per heavy atom. The summed E-state index contributed by atoms with van der Waals surface area (Å²) in [4.78, 5) is 39.5. The van der Waals surface area contributed by atoms with Crippen molar-refractivity contribution in [2.75, 3.05) is 6.61 Å². The van der Waals surface area contributed by atoms with Crippen molar-refractivity contribution < 1.29 is 23.5 Å². The zero-order valence-corrected chi connectivity index (χ0v) is 21.5. The summed E-state index contributed by atoms with van der Waals surface area (Å²) in [6.07, 6.45) is 4.22. The monoisotopic (exact) mass is 479 g/mol. The third kappa shape index (κ3) is 5.90. The number of para-hydroxylation sites is 1. The smallest absolute Gasteiger partial charge is 0.311 e. The second-order valence-corrected chi connectivity index (χ2v) is 14.7. The summed E-state index contributed by atoms with van der Waals surface area (Å²) in [5.74, 6) is -0.482. The normalized spacial score (nSPS) is 15.0. The van der Waals surface area contributed by atoms with Crippen molar-refractivity contribution in [1.29, 1.82) is 0 Å². The summed E-state index contributed by atoms with van der Waals surface area (Å²) >= 11 is 0. The van der Waals surface area contributed by atoms with Crippen LogP contribution in [0.15, 0.2) is 66.7 Å². The molecule has 1 unspecified atom stereocenters. The lowest BCUT2D eigenvalue weighted by molar-refractivity contribution is -0.134. The predicted octanol–water partition coefficient (Wildman–Crippen LogP) is 5.62. The van der Waals surface area contributed by atoms with Gasteiger partial charge in [0.2, 0.25) is 0 Å². The van der Waals surface area contributed by atoms with Crippen molar-refractivity contribution in [2.45, 2.75) is 57.8 Å². The molecule has 0 spiro atoms. The van der Waals surface area contributed by atoms with Gasteiger partial charge in [0.15, 0.2) is 8.32 Å². The van der Waals surface area contributed by atoms with Gasteiger partial charge in [-0.2, -0.15) is 0 Å². The number of allylic oxidation sites excluding steroid dienone is 1. The van der Waals surface area contributed by atoms with E-state index in [1.54, 1.807) is 54.6 Å². The third-order valence-corrected chi connectivity index (χ3v) is 10.9. The highest BCUT2D eigenvalue weighted by Gasteiger charge is 2.42. The van der Waals surface area contributed by atoms with Gasteiger partial charge in [-0.05, 0) is 48.8 Å². The van der Waals surface area contributed by atoms with E-state index in [1.807, 2.05) is 12.1 Å². The molecule has 1 atom stereocenters. The molecule has 0 saturated carbocycles. The lowest BCUT2D eigenvalue weighted by Gasteiger charge is -2.38. The van der Waals surface area contributed by atoms with Crippen LogP contribution < -0.4 is 4.74 Å². The van der Waals surface area contributed by atoms with Crippen LogP contribution in [0.5, 0.6) is 5.75 Å². The Labute approximate surface area is 202 Å². The fraction of sp³-hybridized carbons (Fsp3) is 0.370. The molecule has 1 aliphatic rings. The first-order valence-corrected chi connectivity index (χ1v) is 14.5. The number of nitrogens with zero attached hydrogens (tertiary/aromatic N) is 1. The van der Waals surface area contributed by atoms with Crippen LogP contribution in [0.1, 0.15) is 54.3 Å². The Balaban J connectivity index is 1.71. The summed E-state index contributed by atoms with van der Waals surface area (Å²) in [6, 6.07) is 15.2. The number of esters is 1. The molecule has 2 aromatic rings. The van der Waals surface area contributed by atoms with E-state index < -0.39 is 14.4 Å². The number of hydrogen-bond donors (Lipinski definition) is 0. The Morgan fingerprint density at radius 1 is 0.971 bits per heavy atom.